The summed E-state index contributed by atoms with van der Waals surface area (Å²) in [5, 5.41) is 34.1. The molecule has 0 bridgehead atoms. The van der Waals surface area contributed by atoms with Crippen molar-refractivity contribution in [1.29, 1.82) is 0 Å². The Kier molecular flexibility index (Phi) is 7.12. The van der Waals surface area contributed by atoms with Gasteiger partial charge in [-0.25, -0.2) is 0 Å². The minimum absolute atomic E-state index is 0.0532. The average Bonchev–Trinajstić information content (AvgIpc) is 2.95. The summed E-state index contributed by atoms with van der Waals surface area (Å²) in [5.74, 6) is -2.72. The van der Waals surface area contributed by atoms with Gasteiger partial charge in [0, 0.05) is 17.1 Å². The summed E-state index contributed by atoms with van der Waals surface area (Å²) >= 11 is 0. The third-order valence-electron chi connectivity index (χ3n) is 10.1. The van der Waals surface area contributed by atoms with Crippen LogP contribution >= 0.6 is 0 Å². The summed E-state index contributed by atoms with van der Waals surface area (Å²) < 4.78 is 5.76. The third-order valence-corrected chi connectivity index (χ3v) is 10.1. The van der Waals surface area contributed by atoms with Crippen molar-refractivity contribution < 1.29 is 34.4 Å². The van der Waals surface area contributed by atoms with Crippen LogP contribution < -0.4 is 4.74 Å². The second-order valence-corrected chi connectivity index (χ2v) is 12.7. The number of rotatable bonds is 5. The van der Waals surface area contributed by atoms with Crippen molar-refractivity contribution in [3.8, 4) is 22.6 Å². The van der Waals surface area contributed by atoms with Gasteiger partial charge in [-0.1, -0.05) is 49.8 Å². The van der Waals surface area contributed by atoms with E-state index in [1.165, 1.54) is 50.7 Å². The zero-order valence-electron chi connectivity index (χ0n) is 24.5. The van der Waals surface area contributed by atoms with Crippen molar-refractivity contribution >= 4 is 23.1 Å². The van der Waals surface area contributed by atoms with Crippen LogP contribution in [0.4, 0.5) is 0 Å². The van der Waals surface area contributed by atoms with Gasteiger partial charge in [0.05, 0.1) is 18.2 Å². The summed E-state index contributed by atoms with van der Waals surface area (Å²) in [6.45, 7) is 2.95. The predicted molar refractivity (Wildman–Crippen MR) is 158 cm³/mol. The number of phenolic OH excluding ortho intramolecular Hbond substituents is 1. The van der Waals surface area contributed by atoms with Crippen molar-refractivity contribution in [2.75, 3.05) is 7.11 Å². The Morgan fingerprint density at radius 1 is 1.00 bits per heavy atom. The van der Waals surface area contributed by atoms with Crippen LogP contribution in [0.25, 0.3) is 16.9 Å². The molecule has 4 aliphatic rings. The number of benzene rings is 2. The van der Waals surface area contributed by atoms with Crippen LogP contribution in [-0.4, -0.2) is 45.4 Å². The molecule has 2 fully saturated rings. The number of Topliss-reactive ketones (excluding diaryl/α,β-unsaturated/α-hetero) is 3. The number of carbonyl (C=O) groups is 3. The monoisotopic (exact) mass is 570 g/mol. The number of ether oxygens (including phenoxy) is 1. The molecule has 0 saturated heterocycles. The molecule has 0 amide bonds. The molecule has 3 N–H and O–H groups in total. The smallest absolute Gasteiger partial charge is 0.206 e. The van der Waals surface area contributed by atoms with E-state index in [0.29, 0.717) is 29.2 Å². The van der Waals surface area contributed by atoms with Gasteiger partial charge in [0.2, 0.25) is 11.6 Å². The molecule has 0 aromatic heterocycles. The molecule has 0 aliphatic heterocycles. The van der Waals surface area contributed by atoms with Gasteiger partial charge in [-0.3, -0.25) is 14.4 Å². The number of ketones is 3. The molecule has 7 heteroatoms. The quantitative estimate of drug-likeness (QED) is 0.305. The molecule has 0 heterocycles. The normalized spacial score (nSPS) is 26.1. The number of hydrogen-bond donors (Lipinski definition) is 3. The van der Waals surface area contributed by atoms with Gasteiger partial charge in [-0.05, 0) is 86.3 Å². The van der Waals surface area contributed by atoms with Gasteiger partial charge in [0.25, 0.3) is 0 Å². The predicted octanol–water partition coefficient (Wildman–Crippen LogP) is 5.83. The first-order valence-electron chi connectivity index (χ1n) is 15.0. The minimum Gasteiger partial charge on any atom is -0.507 e. The van der Waals surface area contributed by atoms with E-state index in [0.717, 1.165) is 17.5 Å². The number of hydrogen-bond acceptors (Lipinski definition) is 7. The van der Waals surface area contributed by atoms with E-state index < -0.39 is 40.5 Å². The fraction of sp³-hybridized carbons (Fsp3) is 0.457. The molecule has 0 radical (unpaired) electrons. The standard InChI is InChI=1S/C35H38O7/c1-18-13-23-16-22-17-26-24(25-15-21(9-12-28(25)42-3)14-20-7-5-4-6-8-20)10-11-27(37)31(26)32(38)30(22)34(40)35(23,41)33(39)29(18)19(2)36/h9-12,15,20,22-23,37-38,41H,4-8,13-14,16-17H2,1-3H3/t22-,23-,35-/m0/s1. The molecule has 0 spiro atoms. The maximum Gasteiger partial charge on any atom is 0.206 e. The van der Waals surface area contributed by atoms with E-state index in [4.69, 9.17) is 4.74 Å². The molecule has 220 valence electrons. The molecule has 42 heavy (non-hydrogen) atoms. The first-order valence-corrected chi connectivity index (χ1v) is 15.0. The van der Waals surface area contributed by atoms with Gasteiger partial charge in [0.15, 0.2) is 11.4 Å². The van der Waals surface area contributed by atoms with Crippen molar-refractivity contribution in [1.82, 2.24) is 0 Å². The Morgan fingerprint density at radius 2 is 1.74 bits per heavy atom. The topological polar surface area (TPSA) is 121 Å². The number of methoxy groups -OCH3 is 1. The molecule has 4 aliphatic carbocycles. The molecular weight excluding hydrogens is 532 g/mol. The molecule has 6 rings (SSSR count). The van der Waals surface area contributed by atoms with Crippen molar-refractivity contribution in [3.63, 3.8) is 0 Å². The van der Waals surface area contributed by atoms with Gasteiger partial charge < -0.3 is 20.1 Å². The summed E-state index contributed by atoms with van der Waals surface area (Å²) in [7, 11) is 1.62. The highest BCUT2D eigenvalue weighted by Gasteiger charge is 2.60. The molecule has 2 saturated carbocycles. The first-order chi connectivity index (χ1) is 20.1. The molecular formula is C35H38O7. The summed E-state index contributed by atoms with van der Waals surface area (Å²) in [6.07, 6.45) is 8.12. The Hall–Kier alpha value is -3.71. The fourth-order valence-corrected chi connectivity index (χ4v) is 8.09. The maximum atomic E-state index is 13.9. The molecule has 2 aromatic rings. The number of fused-ring (bicyclic) bond motifs is 3. The van der Waals surface area contributed by atoms with Gasteiger partial charge in [-0.15, -0.1) is 0 Å². The van der Waals surface area contributed by atoms with E-state index in [9.17, 15) is 29.7 Å². The zero-order chi connectivity index (χ0) is 29.9. The molecule has 3 atom stereocenters. The lowest BCUT2D eigenvalue weighted by molar-refractivity contribution is -0.157. The zero-order valence-corrected chi connectivity index (χ0v) is 24.5. The first kappa shape index (κ1) is 28.4. The van der Waals surface area contributed by atoms with Crippen LogP contribution in [0, 0.1) is 17.8 Å². The molecule has 2 aromatic carbocycles. The van der Waals surface area contributed by atoms with E-state index in [1.807, 2.05) is 12.1 Å². The maximum absolute atomic E-state index is 13.9. The van der Waals surface area contributed by atoms with Crippen LogP contribution in [-0.2, 0) is 27.2 Å². The van der Waals surface area contributed by atoms with E-state index >= 15 is 0 Å². The van der Waals surface area contributed by atoms with E-state index in [1.54, 1.807) is 14.0 Å². The SMILES string of the molecule is COc1ccc(CC2CCCCC2)cc1-c1ccc(O)c2c1C[C@@H]1C[C@@H]3CC(C)=C(C(C)=O)C(=O)[C@]3(O)C(=O)C1=C2O. The van der Waals surface area contributed by atoms with Gasteiger partial charge in [-0.2, -0.15) is 0 Å². The molecule has 7 nitrogen and oxygen atoms in total. The fourth-order valence-electron chi connectivity index (χ4n) is 8.09. The highest BCUT2D eigenvalue weighted by Crippen LogP contribution is 2.53. The Labute approximate surface area is 245 Å². The third kappa shape index (κ3) is 4.32. The van der Waals surface area contributed by atoms with Crippen molar-refractivity contribution in [2.24, 2.45) is 17.8 Å². The lowest BCUT2D eigenvalue weighted by Gasteiger charge is -2.46. The minimum atomic E-state index is -2.41. The van der Waals surface area contributed by atoms with Crippen LogP contribution in [0.5, 0.6) is 11.5 Å². The Balaban J connectivity index is 1.45. The van der Waals surface area contributed by atoms with Crippen LogP contribution in [0.3, 0.4) is 0 Å². The van der Waals surface area contributed by atoms with Crippen molar-refractivity contribution in [2.45, 2.75) is 77.2 Å². The van der Waals surface area contributed by atoms with Crippen LogP contribution in [0.1, 0.15) is 75.5 Å². The number of aliphatic hydroxyl groups excluding tert-OH is 1. The highest BCUT2D eigenvalue weighted by atomic mass is 16.5. The largest absolute Gasteiger partial charge is 0.507 e. The number of carbonyl (C=O) groups excluding carboxylic acids is 3. The van der Waals surface area contributed by atoms with E-state index in [-0.39, 0.29) is 35.3 Å². The van der Waals surface area contributed by atoms with E-state index in [2.05, 4.69) is 12.1 Å². The lowest BCUT2D eigenvalue weighted by Crippen LogP contribution is -2.61. The summed E-state index contributed by atoms with van der Waals surface area (Å²) in [4.78, 5) is 39.6. The number of aliphatic hydroxyl groups is 2. The number of aromatic hydroxyl groups is 1. The van der Waals surface area contributed by atoms with Crippen LogP contribution in [0.15, 0.2) is 47.1 Å². The van der Waals surface area contributed by atoms with Crippen molar-refractivity contribution in [3.05, 3.63) is 63.7 Å². The van der Waals surface area contributed by atoms with Gasteiger partial charge >= 0.3 is 0 Å². The Morgan fingerprint density at radius 3 is 2.43 bits per heavy atom. The number of allylic oxidation sites excluding steroid dienone is 1. The van der Waals surface area contributed by atoms with Crippen LogP contribution in [0.2, 0.25) is 0 Å². The lowest BCUT2D eigenvalue weighted by atomic mass is 9.57. The highest BCUT2D eigenvalue weighted by molar-refractivity contribution is 6.33. The van der Waals surface area contributed by atoms with Gasteiger partial charge in [0.1, 0.15) is 17.3 Å². The summed E-state index contributed by atoms with van der Waals surface area (Å²) in [5.41, 5.74) is 1.67. The molecule has 0 unspecified atom stereocenters. The summed E-state index contributed by atoms with van der Waals surface area (Å²) in [6, 6.07) is 9.53. The second-order valence-electron chi connectivity index (χ2n) is 12.7. The average molecular weight is 571 g/mol. The number of phenols is 1. The Bertz CT molecular complexity index is 1570. The second kappa shape index (κ2) is 10.5.